The maximum atomic E-state index is 13.3. The van der Waals surface area contributed by atoms with E-state index in [0.29, 0.717) is 5.56 Å². The molecular formula is C14H12FN3S. The van der Waals surface area contributed by atoms with Crippen molar-refractivity contribution in [1.29, 1.82) is 0 Å². The topological polar surface area (TPSA) is 50.9 Å². The van der Waals surface area contributed by atoms with Gasteiger partial charge in [0.15, 0.2) is 0 Å². The standard InChI is InChI=1S/C14H12FN3S/c15-11-5-10(7-17-8-11)14(18-16)13-6-9-3-1-2-4-12(9)19-13/h1-8,14,18H,16H2. The van der Waals surface area contributed by atoms with Gasteiger partial charge in [-0.3, -0.25) is 10.8 Å². The highest BCUT2D eigenvalue weighted by Crippen LogP contribution is 2.32. The molecule has 1 unspecified atom stereocenters. The third kappa shape index (κ3) is 2.35. The summed E-state index contributed by atoms with van der Waals surface area (Å²) in [5.41, 5.74) is 3.44. The Morgan fingerprint density at radius 3 is 2.79 bits per heavy atom. The first-order valence-electron chi connectivity index (χ1n) is 5.83. The average molecular weight is 273 g/mol. The van der Waals surface area contributed by atoms with Gasteiger partial charge in [-0.25, -0.2) is 9.82 Å². The van der Waals surface area contributed by atoms with E-state index in [0.717, 1.165) is 10.3 Å². The molecule has 5 heteroatoms. The molecule has 2 aromatic heterocycles. The summed E-state index contributed by atoms with van der Waals surface area (Å²) in [6, 6.07) is 11.4. The van der Waals surface area contributed by atoms with Gasteiger partial charge in [0, 0.05) is 15.8 Å². The molecule has 0 aliphatic carbocycles. The van der Waals surface area contributed by atoms with Gasteiger partial charge in [-0.15, -0.1) is 11.3 Å². The van der Waals surface area contributed by atoms with Gasteiger partial charge < -0.3 is 0 Å². The van der Waals surface area contributed by atoms with Crippen LogP contribution in [-0.4, -0.2) is 4.98 Å². The molecule has 1 aromatic carbocycles. The molecule has 3 nitrogen and oxygen atoms in total. The van der Waals surface area contributed by atoms with Crippen LogP contribution in [0.15, 0.2) is 48.8 Å². The number of halogens is 1. The van der Waals surface area contributed by atoms with E-state index >= 15 is 0 Å². The molecule has 0 radical (unpaired) electrons. The highest BCUT2D eigenvalue weighted by atomic mass is 32.1. The maximum Gasteiger partial charge on any atom is 0.141 e. The monoisotopic (exact) mass is 273 g/mol. The number of pyridine rings is 1. The molecule has 0 fully saturated rings. The Hall–Kier alpha value is -1.82. The van der Waals surface area contributed by atoms with Gasteiger partial charge in [0.2, 0.25) is 0 Å². The van der Waals surface area contributed by atoms with Gasteiger partial charge in [0.1, 0.15) is 5.82 Å². The number of hydrazine groups is 1. The van der Waals surface area contributed by atoms with Gasteiger partial charge in [0.05, 0.1) is 12.2 Å². The Kier molecular flexibility index (Phi) is 3.25. The fourth-order valence-corrected chi connectivity index (χ4v) is 3.23. The van der Waals surface area contributed by atoms with Gasteiger partial charge in [-0.2, -0.15) is 0 Å². The van der Waals surface area contributed by atoms with E-state index in [4.69, 9.17) is 5.84 Å². The Morgan fingerprint density at radius 1 is 1.21 bits per heavy atom. The lowest BCUT2D eigenvalue weighted by Crippen LogP contribution is -2.28. The first kappa shape index (κ1) is 12.2. The molecular weight excluding hydrogens is 261 g/mol. The fraction of sp³-hybridized carbons (Fsp3) is 0.0714. The molecule has 19 heavy (non-hydrogen) atoms. The van der Waals surface area contributed by atoms with Crippen LogP contribution in [0.5, 0.6) is 0 Å². The summed E-state index contributed by atoms with van der Waals surface area (Å²) in [6.45, 7) is 0. The van der Waals surface area contributed by atoms with E-state index < -0.39 is 0 Å². The number of nitrogens with two attached hydrogens (primary N) is 1. The molecule has 0 saturated heterocycles. The number of hydrogen-bond donors (Lipinski definition) is 2. The van der Waals surface area contributed by atoms with Crippen LogP contribution in [0.25, 0.3) is 10.1 Å². The second-order valence-electron chi connectivity index (χ2n) is 4.22. The van der Waals surface area contributed by atoms with Crippen LogP contribution in [-0.2, 0) is 0 Å². The van der Waals surface area contributed by atoms with Crippen LogP contribution in [0.1, 0.15) is 16.5 Å². The number of fused-ring (bicyclic) bond motifs is 1. The van der Waals surface area contributed by atoms with Crippen molar-refractivity contribution in [3.63, 3.8) is 0 Å². The summed E-state index contributed by atoms with van der Waals surface area (Å²) >= 11 is 1.64. The van der Waals surface area contributed by atoms with E-state index in [9.17, 15) is 4.39 Å². The molecule has 0 saturated carbocycles. The second-order valence-corrected chi connectivity index (χ2v) is 5.34. The lowest BCUT2D eigenvalue weighted by Gasteiger charge is -2.13. The Morgan fingerprint density at radius 2 is 2.05 bits per heavy atom. The second kappa shape index (κ2) is 5.05. The van der Waals surface area contributed by atoms with Crippen molar-refractivity contribution in [2.45, 2.75) is 6.04 Å². The SMILES string of the molecule is NNC(c1cncc(F)c1)c1cc2ccccc2s1. The molecule has 0 bridgehead atoms. The largest absolute Gasteiger partial charge is 0.271 e. The summed E-state index contributed by atoms with van der Waals surface area (Å²) in [4.78, 5) is 4.90. The molecule has 1 atom stereocenters. The lowest BCUT2D eigenvalue weighted by molar-refractivity contribution is 0.601. The molecule has 3 rings (SSSR count). The number of benzene rings is 1. The number of nitrogens with zero attached hydrogens (tertiary/aromatic N) is 1. The Bertz CT molecular complexity index is 677. The maximum absolute atomic E-state index is 13.3. The van der Waals surface area contributed by atoms with Crippen molar-refractivity contribution >= 4 is 21.4 Å². The fourth-order valence-electron chi connectivity index (χ4n) is 2.07. The zero-order chi connectivity index (χ0) is 13.2. The van der Waals surface area contributed by atoms with E-state index in [1.54, 1.807) is 17.5 Å². The minimum absolute atomic E-state index is 0.249. The minimum atomic E-state index is -0.362. The predicted molar refractivity (Wildman–Crippen MR) is 75.2 cm³/mol. The molecule has 3 N–H and O–H groups in total. The molecule has 0 aliphatic heterocycles. The van der Waals surface area contributed by atoms with Crippen molar-refractivity contribution < 1.29 is 4.39 Å². The number of rotatable bonds is 3. The van der Waals surface area contributed by atoms with Crippen molar-refractivity contribution in [2.24, 2.45) is 5.84 Å². The van der Waals surface area contributed by atoms with Crippen LogP contribution >= 0.6 is 11.3 Å². The smallest absolute Gasteiger partial charge is 0.141 e. The molecule has 0 amide bonds. The highest BCUT2D eigenvalue weighted by Gasteiger charge is 2.16. The Balaban J connectivity index is 2.06. The van der Waals surface area contributed by atoms with Crippen LogP contribution in [0.4, 0.5) is 4.39 Å². The highest BCUT2D eigenvalue weighted by molar-refractivity contribution is 7.19. The van der Waals surface area contributed by atoms with E-state index in [2.05, 4.69) is 22.5 Å². The Labute approximate surface area is 113 Å². The number of nitrogens with one attached hydrogen (secondary N) is 1. The quantitative estimate of drug-likeness (QED) is 0.570. The summed E-state index contributed by atoms with van der Waals surface area (Å²) in [5.74, 6) is 5.25. The van der Waals surface area contributed by atoms with Crippen molar-refractivity contribution in [3.8, 4) is 0 Å². The molecule has 96 valence electrons. The van der Waals surface area contributed by atoms with Crippen LogP contribution in [0, 0.1) is 5.82 Å². The third-order valence-electron chi connectivity index (χ3n) is 2.96. The first-order valence-corrected chi connectivity index (χ1v) is 6.64. The van der Waals surface area contributed by atoms with Crippen molar-refractivity contribution in [2.75, 3.05) is 0 Å². The molecule has 0 spiro atoms. The summed E-state index contributed by atoms with van der Waals surface area (Å²) in [7, 11) is 0. The predicted octanol–water partition coefficient (Wildman–Crippen LogP) is 2.99. The van der Waals surface area contributed by atoms with Crippen LogP contribution < -0.4 is 11.3 Å². The first-order chi connectivity index (χ1) is 9.28. The van der Waals surface area contributed by atoms with E-state index in [1.165, 1.54) is 17.0 Å². The van der Waals surface area contributed by atoms with E-state index in [-0.39, 0.29) is 11.9 Å². The summed E-state index contributed by atoms with van der Waals surface area (Å²) in [6.07, 6.45) is 2.81. The zero-order valence-electron chi connectivity index (χ0n) is 10.0. The van der Waals surface area contributed by atoms with Crippen LogP contribution in [0.2, 0.25) is 0 Å². The molecule has 0 aliphatic rings. The minimum Gasteiger partial charge on any atom is -0.271 e. The van der Waals surface area contributed by atoms with Gasteiger partial charge in [-0.1, -0.05) is 18.2 Å². The zero-order valence-corrected chi connectivity index (χ0v) is 10.8. The van der Waals surface area contributed by atoms with Crippen LogP contribution in [0.3, 0.4) is 0 Å². The van der Waals surface area contributed by atoms with Crippen molar-refractivity contribution in [3.05, 3.63) is 65.0 Å². The lowest BCUT2D eigenvalue weighted by atomic mass is 10.1. The molecule has 3 aromatic rings. The average Bonchev–Trinajstić information content (AvgIpc) is 2.83. The number of aromatic nitrogens is 1. The normalized spacial score (nSPS) is 12.7. The molecule has 2 heterocycles. The third-order valence-corrected chi connectivity index (χ3v) is 4.14. The van der Waals surface area contributed by atoms with Gasteiger partial charge in [0.25, 0.3) is 0 Å². The van der Waals surface area contributed by atoms with Gasteiger partial charge in [-0.05, 0) is 29.1 Å². The number of hydrogen-bond acceptors (Lipinski definition) is 4. The number of thiophene rings is 1. The van der Waals surface area contributed by atoms with Gasteiger partial charge >= 0.3 is 0 Å². The van der Waals surface area contributed by atoms with E-state index in [1.807, 2.05) is 18.2 Å². The summed E-state index contributed by atoms with van der Waals surface area (Å²) < 4.78 is 14.4. The van der Waals surface area contributed by atoms with Crippen molar-refractivity contribution in [1.82, 2.24) is 10.4 Å². The summed E-state index contributed by atoms with van der Waals surface area (Å²) in [5, 5.41) is 1.16.